The van der Waals surface area contributed by atoms with Gasteiger partial charge in [0, 0.05) is 11.6 Å². The molecule has 0 saturated carbocycles. The molecule has 0 unspecified atom stereocenters. The number of nitrogens with zero attached hydrogens (tertiary/aromatic N) is 1. The molecule has 0 aromatic heterocycles. The lowest BCUT2D eigenvalue weighted by Gasteiger charge is -2.19. The number of hydrogen-bond donors (Lipinski definition) is 0. The Morgan fingerprint density at radius 3 is 2.11 bits per heavy atom. The van der Waals surface area contributed by atoms with Crippen LogP contribution in [0.3, 0.4) is 0 Å². The van der Waals surface area contributed by atoms with Gasteiger partial charge < -0.3 is 0 Å². The van der Waals surface area contributed by atoms with Crippen LogP contribution in [-0.2, 0) is 10.0 Å². The van der Waals surface area contributed by atoms with E-state index in [4.69, 9.17) is 0 Å². The Labute approximate surface area is 166 Å². The monoisotopic (exact) mass is 385 g/mol. The van der Waals surface area contributed by atoms with Crippen molar-refractivity contribution < 1.29 is 8.42 Å². The standard InChI is InChI=1S/C24H19NO2S/c1-3-19-25(28(26,27)23-17-13-20(2)14-18-23)24-12-8-7-11-22(24)16-15-21-9-5-4-6-10-21/h4-14,17-18H,1-2H3. The third-order valence-electron chi connectivity index (χ3n) is 4.01. The first kappa shape index (κ1) is 19.3. The molecule has 0 saturated heterocycles. The van der Waals surface area contributed by atoms with Gasteiger partial charge in [-0.05, 0) is 50.2 Å². The van der Waals surface area contributed by atoms with Crippen LogP contribution in [-0.4, -0.2) is 8.42 Å². The van der Waals surface area contributed by atoms with Gasteiger partial charge in [0.15, 0.2) is 0 Å². The molecule has 0 spiro atoms. The van der Waals surface area contributed by atoms with Crippen LogP contribution in [0.4, 0.5) is 5.69 Å². The molecule has 138 valence electrons. The maximum atomic E-state index is 13.2. The lowest BCUT2D eigenvalue weighted by Crippen LogP contribution is -2.27. The van der Waals surface area contributed by atoms with Gasteiger partial charge in [-0.15, -0.1) is 0 Å². The number of rotatable bonds is 3. The summed E-state index contributed by atoms with van der Waals surface area (Å²) in [6.45, 7) is 3.52. The second-order valence-electron chi connectivity index (χ2n) is 6.08. The summed E-state index contributed by atoms with van der Waals surface area (Å²) in [4.78, 5) is 0.187. The minimum atomic E-state index is -3.85. The van der Waals surface area contributed by atoms with Crippen molar-refractivity contribution in [1.82, 2.24) is 0 Å². The highest BCUT2D eigenvalue weighted by Crippen LogP contribution is 2.26. The molecule has 3 rings (SSSR count). The maximum Gasteiger partial charge on any atom is 0.275 e. The number of hydrogen-bond acceptors (Lipinski definition) is 2. The molecule has 0 aliphatic heterocycles. The van der Waals surface area contributed by atoms with Crippen LogP contribution < -0.4 is 4.31 Å². The number of benzene rings is 3. The fourth-order valence-corrected chi connectivity index (χ4v) is 3.90. The first-order chi connectivity index (χ1) is 13.5. The van der Waals surface area contributed by atoms with Crippen LogP contribution in [0.2, 0.25) is 0 Å². The van der Waals surface area contributed by atoms with E-state index in [1.54, 1.807) is 49.4 Å². The van der Waals surface area contributed by atoms with Gasteiger partial charge >= 0.3 is 0 Å². The molecule has 3 aromatic carbocycles. The second-order valence-corrected chi connectivity index (χ2v) is 7.86. The van der Waals surface area contributed by atoms with E-state index in [-0.39, 0.29) is 4.90 Å². The Balaban J connectivity index is 2.10. The van der Waals surface area contributed by atoms with Crippen molar-refractivity contribution >= 4 is 15.7 Å². The van der Waals surface area contributed by atoms with Gasteiger partial charge in [0.25, 0.3) is 10.0 Å². The summed E-state index contributed by atoms with van der Waals surface area (Å²) in [6.07, 6.45) is 0. The molecule has 0 atom stereocenters. The molecule has 0 N–H and O–H groups in total. The fraction of sp³-hybridized carbons (Fsp3) is 0.0833. The molecule has 0 radical (unpaired) electrons. The smallest absolute Gasteiger partial charge is 0.200 e. The van der Waals surface area contributed by atoms with Gasteiger partial charge in [-0.3, -0.25) is 0 Å². The van der Waals surface area contributed by atoms with Crippen LogP contribution in [0, 0.1) is 30.7 Å². The highest BCUT2D eigenvalue weighted by atomic mass is 32.2. The van der Waals surface area contributed by atoms with Crippen molar-refractivity contribution in [2.45, 2.75) is 18.7 Å². The third-order valence-corrected chi connectivity index (χ3v) is 5.65. The van der Waals surface area contributed by atoms with E-state index in [1.807, 2.05) is 43.3 Å². The molecular weight excluding hydrogens is 366 g/mol. The molecule has 3 aromatic rings. The molecule has 0 aliphatic rings. The molecular formula is C24H19NO2S. The van der Waals surface area contributed by atoms with Crippen molar-refractivity contribution in [2.75, 3.05) is 4.31 Å². The van der Waals surface area contributed by atoms with Crippen LogP contribution in [0.5, 0.6) is 0 Å². The summed E-state index contributed by atoms with van der Waals surface area (Å²) in [5.41, 5.74) is 2.86. The van der Waals surface area contributed by atoms with Crippen LogP contribution >= 0.6 is 0 Å². The molecule has 0 fully saturated rings. The predicted octanol–water partition coefficient (Wildman–Crippen LogP) is 4.57. The molecule has 3 nitrogen and oxygen atoms in total. The van der Waals surface area contributed by atoms with E-state index in [2.05, 4.69) is 23.8 Å². The SMILES string of the molecule is CC#CN(c1ccccc1C#Cc1ccccc1)S(=O)(=O)c1ccc(C)cc1. The van der Waals surface area contributed by atoms with Gasteiger partial charge in [-0.1, -0.05) is 65.8 Å². The van der Waals surface area contributed by atoms with E-state index in [0.717, 1.165) is 15.4 Å². The van der Waals surface area contributed by atoms with E-state index in [9.17, 15) is 8.42 Å². The Morgan fingerprint density at radius 2 is 1.43 bits per heavy atom. The first-order valence-corrected chi connectivity index (χ1v) is 10.2. The molecule has 4 heteroatoms. The second kappa shape index (κ2) is 8.48. The maximum absolute atomic E-state index is 13.2. The number of sulfonamides is 1. The number of anilines is 1. The largest absolute Gasteiger partial charge is 0.275 e. The van der Waals surface area contributed by atoms with Gasteiger partial charge in [-0.2, -0.15) is 4.31 Å². The van der Waals surface area contributed by atoms with Gasteiger partial charge in [-0.25, -0.2) is 8.42 Å². The summed E-state index contributed by atoms with van der Waals surface area (Å²) < 4.78 is 27.6. The Kier molecular flexibility index (Phi) is 5.84. The first-order valence-electron chi connectivity index (χ1n) is 8.73. The van der Waals surface area contributed by atoms with Crippen molar-refractivity contribution in [1.29, 1.82) is 0 Å². The Bertz CT molecular complexity index is 1190. The molecule has 0 amide bonds. The molecule has 0 aliphatic carbocycles. The van der Waals surface area contributed by atoms with Crippen LogP contribution in [0.15, 0.2) is 83.8 Å². The quantitative estimate of drug-likeness (QED) is 0.489. The zero-order chi connectivity index (χ0) is 20.0. The van der Waals surface area contributed by atoms with Crippen LogP contribution in [0.25, 0.3) is 0 Å². The van der Waals surface area contributed by atoms with E-state index in [1.165, 1.54) is 0 Å². The summed E-state index contributed by atoms with van der Waals surface area (Å²) in [5, 5.41) is 0. The topological polar surface area (TPSA) is 37.4 Å². The Morgan fingerprint density at radius 1 is 0.786 bits per heavy atom. The zero-order valence-electron chi connectivity index (χ0n) is 15.7. The minimum Gasteiger partial charge on any atom is -0.200 e. The van der Waals surface area contributed by atoms with Gasteiger partial charge in [0.05, 0.1) is 16.1 Å². The fourth-order valence-electron chi connectivity index (χ4n) is 2.58. The lowest BCUT2D eigenvalue weighted by atomic mass is 10.1. The summed E-state index contributed by atoms with van der Waals surface area (Å²) in [6, 6.07) is 26.1. The molecule has 0 heterocycles. The summed E-state index contributed by atoms with van der Waals surface area (Å²) >= 11 is 0. The minimum absolute atomic E-state index is 0.187. The summed E-state index contributed by atoms with van der Waals surface area (Å²) in [5.74, 6) is 8.86. The van der Waals surface area contributed by atoms with Gasteiger partial charge in [0.1, 0.15) is 0 Å². The van der Waals surface area contributed by atoms with E-state index >= 15 is 0 Å². The zero-order valence-corrected chi connectivity index (χ0v) is 16.5. The number of para-hydroxylation sites is 1. The normalized spacial score (nSPS) is 10.2. The van der Waals surface area contributed by atoms with Crippen molar-refractivity contribution in [2.24, 2.45) is 0 Å². The average molecular weight is 385 g/mol. The molecule has 28 heavy (non-hydrogen) atoms. The third kappa shape index (κ3) is 4.26. The lowest BCUT2D eigenvalue weighted by molar-refractivity contribution is 0.596. The average Bonchev–Trinajstić information content (AvgIpc) is 2.72. The highest BCUT2D eigenvalue weighted by molar-refractivity contribution is 7.93. The number of aryl methyl sites for hydroxylation is 1. The van der Waals surface area contributed by atoms with E-state index < -0.39 is 10.0 Å². The predicted molar refractivity (Wildman–Crippen MR) is 113 cm³/mol. The highest BCUT2D eigenvalue weighted by Gasteiger charge is 2.25. The van der Waals surface area contributed by atoms with E-state index in [0.29, 0.717) is 11.3 Å². The summed E-state index contributed by atoms with van der Waals surface area (Å²) in [7, 11) is -3.85. The Hall–Kier alpha value is -3.47. The van der Waals surface area contributed by atoms with Crippen molar-refractivity contribution in [3.63, 3.8) is 0 Å². The van der Waals surface area contributed by atoms with Crippen molar-refractivity contribution in [3.8, 4) is 23.8 Å². The van der Waals surface area contributed by atoms with Gasteiger partial charge in [0.2, 0.25) is 0 Å². The molecule has 0 bridgehead atoms. The van der Waals surface area contributed by atoms with Crippen LogP contribution in [0.1, 0.15) is 23.6 Å². The van der Waals surface area contributed by atoms with Crippen molar-refractivity contribution in [3.05, 3.63) is 95.6 Å².